The Morgan fingerprint density at radius 3 is 2.69 bits per heavy atom. The van der Waals surface area contributed by atoms with E-state index in [1.807, 2.05) is 0 Å². The number of hydrogen-bond acceptors (Lipinski definition) is 1. The van der Waals surface area contributed by atoms with Crippen LogP contribution in [0.4, 0.5) is 0 Å². The number of nitrogens with two attached hydrogens (primary N) is 1. The molecular formula is C11H14IN. The average Bonchev–Trinajstić information content (AvgIpc) is 2.91. The maximum atomic E-state index is 6.12. The van der Waals surface area contributed by atoms with Gasteiger partial charge in [0.2, 0.25) is 0 Å². The quantitative estimate of drug-likeness (QED) is 0.831. The summed E-state index contributed by atoms with van der Waals surface area (Å²) >= 11 is 2.36. The van der Waals surface area contributed by atoms with Crippen molar-refractivity contribution >= 4 is 22.6 Å². The number of halogens is 1. The Balaban J connectivity index is 2.24. The van der Waals surface area contributed by atoms with Gasteiger partial charge >= 0.3 is 0 Å². The second-order valence-electron chi connectivity index (χ2n) is 3.87. The lowest BCUT2D eigenvalue weighted by Gasteiger charge is -2.11. The van der Waals surface area contributed by atoms with Crippen LogP contribution in [0.25, 0.3) is 0 Å². The molecule has 1 fully saturated rings. The average molecular weight is 287 g/mol. The molecule has 1 aliphatic carbocycles. The van der Waals surface area contributed by atoms with Gasteiger partial charge in [0.15, 0.2) is 0 Å². The van der Waals surface area contributed by atoms with Gasteiger partial charge < -0.3 is 5.73 Å². The van der Waals surface area contributed by atoms with Gasteiger partial charge in [-0.25, -0.2) is 0 Å². The van der Waals surface area contributed by atoms with E-state index in [0.717, 1.165) is 5.92 Å². The first-order valence-electron chi connectivity index (χ1n) is 4.70. The third kappa shape index (κ3) is 2.05. The Morgan fingerprint density at radius 1 is 1.46 bits per heavy atom. The van der Waals surface area contributed by atoms with E-state index in [9.17, 15) is 0 Å². The predicted octanol–water partition coefficient (Wildman–Crippen LogP) is 3.01. The smallest absolute Gasteiger partial charge is 0.0323 e. The van der Waals surface area contributed by atoms with Crippen LogP contribution in [0.3, 0.4) is 0 Å². The SMILES string of the molecule is Cc1cc([C@@H](N)C2CC2)ccc1I. The van der Waals surface area contributed by atoms with Crippen LogP contribution in [-0.2, 0) is 0 Å². The van der Waals surface area contributed by atoms with E-state index >= 15 is 0 Å². The third-order valence-electron chi connectivity index (χ3n) is 2.70. The Bertz CT molecular complexity index is 318. The zero-order valence-corrected chi connectivity index (χ0v) is 9.91. The fraction of sp³-hybridized carbons (Fsp3) is 0.455. The summed E-state index contributed by atoms with van der Waals surface area (Å²) in [5, 5.41) is 0. The lowest BCUT2D eigenvalue weighted by Crippen LogP contribution is -2.12. The minimum Gasteiger partial charge on any atom is -0.324 e. The monoisotopic (exact) mass is 287 g/mol. The van der Waals surface area contributed by atoms with Crippen molar-refractivity contribution in [3.05, 3.63) is 32.9 Å². The summed E-state index contributed by atoms with van der Waals surface area (Å²) in [7, 11) is 0. The van der Waals surface area contributed by atoms with E-state index in [1.165, 1.54) is 27.5 Å². The molecule has 70 valence electrons. The van der Waals surface area contributed by atoms with Gasteiger partial charge in [0.05, 0.1) is 0 Å². The van der Waals surface area contributed by atoms with E-state index < -0.39 is 0 Å². The van der Waals surface area contributed by atoms with Gasteiger partial charge in [0, 0.05) is 9.61 Å². The molecule has 1 aromatic carbocycles. The molecule has 0 bridgehead atoms. The molecule has 0 amide bonds. The maximum Gasteiger partial charge on any atom is 0.0323 e. The lowest BCUT2D eigenvalue weighted by atomic mass is 10.0. The molecule has 1 nitrogen and oxygen atoms in total. The standard InChI is InChI=1S/C11H14IN/c1-7-6-9(4-5-10(7)12)11(13)8-2-3-8/h4-6,8,11H,2-3,13H2,1H3/t11-/m0/s1. The van der Waals surface area contributed by atoms with Gasteiger partial charge in [-0.2, -0.15) is 0 Å². The number of rotatable bonds is 2. The largest absolute Gasteiger partial charge is 0.324 e. The molecule has 1 saturated carbocycles. The van der Waals surface area contributed by atoms with Crippen LogP contribution in [0.1, 0.15) is 30.0 Å². The van der Waals surface area contributed by atoms with Crippen molar-refractivity contribution < 1.29 is 0 Å². The first kappa shape index (κ1) is 9.46. The summed E-state index contributed by atoms with van der Waals surface area (Å²) in [4.78, 5) is 0. The topological polar surface area (TPSA) is 26.0 Å². The molecule has 0 radical (unpaired) electrons. The Hall–Kier alpha value is -0.0900. The lowest BCUT2D eigenvalue weighted by molar-refractivity contribution is 0.633. The van der Waals surface area contributed by atoms with Crippen LogP contribution in [0.2, 0.25) is 0 Å². The Morgan fingerprint density at radius 2 is 2.15 bits per heavy atom. The van der Waals surface area contributed by atoms with Crippen LogP contribution < -0.4 is 5.73 Å². The Labute approximate surface area is 92.9 Å². The van der Waals surface area contributed by atoms with Crippen molar-refractivity contribution in [1.29, 1.82) is 0 Å². The van der Waals surface area contributed by atoms with Crippen molar-refractivity contribution in [2.24, 2.45) is 11.7 Å². The maximum absolute atomic E-state index is 6.12. The van der Waals surface area contributed by atoms with Crippen LogP contribution in [0, 0.1) is 16.4 Å². The molecule has 2 heteroatoms. The molecule has 2 rings (SSSR count). The second-order valence-corrected chi connectivity index (χ2v) is 5.03. The van der Waals surface area contributed by atoms with Gasteiger partial charge in [-0.3, -0.25) is 0 Å². The molecule has 0 spiro atoms. The van der Waals surface area contributed by atoms with Crippen LogP contribution in [-0.4, -0.2) is 0 Å². The minimum atomic E-state index is 0.274. The zero-order chi connectivity index (χ0) is 9.42. The summed E-state index contributed by atoms with van der Waals surface area (Å²) in [6.45, 7) is 2.14. The third-order valence-corrected chi connectivity index (χ3v) is 3.91. The molecule has 13 heavy (non-hydrogen) atoms. The van der Waals surface area contributed by atoms with Gasteiger partial charge in [-0.05, 0) is 65.5 Å². The van der Waals surface area contributed by atoms with Crippen molar-refractivity contribution in [3.63, 3.8) is 0 Å². The second kappa shape index (κ2) is 3.58. The highest BCUT2D eigenvalue weighted by atomic mass is 127. The molecular weight excluding hydrogens is 273 g/mol. The molecule has 0 aromatic heterocycles. The summed E-state index contributed by atoms with van der Waals surface area (Å²) in [6.07, 6.45) is 2.62. The molecule has 1 atom stereocenters. The van der Waals surface area contributed by atoms with Crippen LogP contribution in [0.15, 0.2) is 18.2 Å². The highest BCUT2D eigenvalue weighted by Crippen LogP contribution is 2.39. The molecule has 0 heterocycles. The minimum absolute atomic E-state index is 0.274. The van der Waals surface area contributed by atoms with Gasteiger partial charge in [-0.1, -0.05) is 12.1 Å². The number of aryl methyl sites for hydroxylation is 1. The van der Waals surface area contributed by atoms with Crippen LogP contribution >= 0.6 is 22.6 Å². The van der Waals surface area contributed by atoms with Crippen molar-refractivity contribution in [3.8, 4) is 0 Å². The molecule has 1 aromatic rings. The number of benzene rings is 1. The fourth-order valence-electron chi connectivity index (χ4n) is 1.60. The van der Waals surface area contributed by atoms with Crippen molar-refractivity contribution in [2.75, 3.05) is 0 Å². The molecule has 2 N–H and O–H groups in total. The fourth-order valence-corrected chi connectivity index (χ4v) is 1.94. The van der Waals surface area contributed by atoms with Crippen LogP contribution in [0.5, 0.6) is 0 Å². The molecule has 0 aliphatic heterocycles. The first-order chi connectivity index (χ1) is 6.18. The summed E-state index contributed by atoms with van der Waals surface area (Å²) in [6, 6.07) is 6.83. The first-order valence-corrected chi connectivity index (χ1v) is 5.78. The van der Waals surface area contributed by atoms with E-state index in [1.54, 1.807) is 0 Å². The normalized spacial score (nSPS) is 18.7. The summed E-state index contributed by atoms with van der Waals surface area (Å²) in [5.74, 6) is 0.750. The summed E-state index contributed by atoms with van der Waals surface area (Å²) < 4.78 is 1.32. The predicted molar refractivity (Wildman–Crippen MR) is 63.5 cm³/mol. The van der Waals surface area contributed by atoms with E-state index in [-0.39, 0.29) is 6.04 Å². The summed E-state index contributed by atoms with van der Waals surface area (Å²) in [5.41, 5.74) is 8.76. The van der Waals surface area contributed by atoms with Gasteiger partial charge in [0.1, 0.15) is 0 Å². The van der Waals surface area contributed by atoms with Gasteiger partial charge in [-0.15, -0.1) is 0 Å². The zero-order valence-electron chi connectivity index (χ0n) is 7.76. The van der Waals surface area contributed by atoms with Crippen molar-refractivity contribution in [1.82, 2.24) is 0 Å². The van der Waals surface area contributed by atoms with Gasteiger partial charge in [0.25, 0.3) is 0 Å². The number of hydrogen-bond donors (Lipinski definition) is 1. The highest BCUT2D eigenvalue weighted by Gasteiger charge is 2.29. The van der Waals surface area contributed by atoms with E-state index in [2.05, 4.69) is 47.7 Å². The molecule has 0 unspecified atom stereocenters. The molecule has 0 saturated heterocycles. The van der Waals surface area contributed by atoms with E-state index in [0.29, 0.717) is 0 Å². The van der Waals surface area contributed by atoms with E-state index in [4.69, 9.17) is 5.73 Å². The molecule has 1 aliphatic rings. The Kier molecular flexibility index (Phi) is 2.60. The highest BCUT2D eigenvalue weighted by molar-refractivity contribution is 14.1. The van der Waals surface area contributed by atoms with Crippen molar-refractivity contribution in [2.45, 2.75) is 25.8 Å².